The molecule has 1 heterocycles. The van der Waals surface area contributed by atoms with Crippen molar-refractivity contribution in [1.29, 1.82) is 0 Å². The molecule has 5 nitrogen and oxygen atoms in total. The number of nitrogens with one attached hydrogen (secondary N) is 2. The Bertz CT molecular complexity index is 987. The summed E-state index contributed by atoms with van der Waals surface area (Å²) in [5.41, 5.74) is 3.04. The maximum absolute atomic E-state index is 13.1. The number of benzene rings is 2. The van der Waals surface area contributed by atoms with Gasteiger partial charge in [-0.05, 0) is 74.3 Å². The molecule has 8 heteroatoms. The lowest BCUT2D eigenvalue weighted by Gasteiger charge is -2.26. The fourth-order valence-electron chi connectivity index (χ4n) is 3.23. The Morgan fingerprint density at radius 3 is 2.50 bits per heavy atom. The van der Waals surface area contributed by atoms with Crippen LogP contribution in [-0.4, -0.2) is 30.9 Å². The molecule has 1 aliphatic heterocycles. The van der Waals surface area contributed by atoms with Gasteiger partial charge in [-0.3, -0.25) is 0 Å². The molecule has 0 saturated carbocycles. The van der Waals surface area contributed by atoms with Crippen molar-refractivity contribution >= 4 is 50.3 Å². The normalized spacial score (nSPS) is 15.2. The number of hydrogen-bond donors (Lipinski definition) is 2. The first kappa shape index (κ1) is 21.0. The van der Waals surface area contributed by atoms with E-state index in [0.29, 0.717) is 33.8 Å². The molecule has 0 bridgehead atoms. The lowest BCUT2D eigenvalue weighted by Crippen LogP contribution is -2.36. The van der Waals surface area contributed by atoms with Gasteiger partial charge in [-0.25, -0.2) is 8.42 Å². The SMILES string of the molecule is Cc1ccc(NC(=S)Nc2cccc(Cl)c2C)cc1S(=O)(=O)N1CCCCC1. The zero-order valence-electron chi connectivity index (χ0n) is 16.0. The molecule has 0 aromatic heterocycles. The molecule has 1 fully saturated rings. The highest BCUT2D eigenvalue weighted by Gasteiger charge is 2.27. The quantitative estimate of drug-likeness (QED) is 0.663. The summed E-state index contributed by atoms with van der Waals surface area (Å²) in [6.07, 6.45) is 2.89. The van der Waals surface area contributed by atoms with E-state index >= 15 is 0 Å². The molecule has 3 rings (SSSR count). The van der Waals surface area contributed by atoms with E-state index in [-0.39, 0.29) is 0 Å². The summed E-state index contributed by atoms with van der Waals surface area (Å²) >= 11 is 11.5. The van der Waals surface area contributed by atoms with Gasteiger partial charge in [0.25, 0.3) is 0 Å². The maximum atomic E-state index is 13.1. The summed E-state index contributed by atoms with van der Waals surface area (Å²) in [7, 11) is -3.51. The van der Waals surface area contributed by atoms with Gasteiger partial charge in [0, 0.05) is 29.5 Å². The van der Waals surface area contributed by atoms with Crippen LogP contribution in [0.3, 0.4) is 0 Å². The van der Waals surface area contributed by atoms with Crippen LogP contribution in [0, 0.1) is 13.8 Å². The van der Waals surface area contributed by atoms with Crippen molar-refractivity contribution in [1.82, 2.24) is 4.31 Å². The topological polar surface area (TPSA) is 61.4 Å². The van der Waals surface area contributed by atoms with Crippen LogP contribution in [-0.2, 0) is 10.0 Å². The molecular weight excluding hydrogens is 414 g/mol. The summed E-state index contributed by atoms with van der Waals surface area (Å²) in [4.78, 5) is 0.320. The Labute approximate surface area is 177 Å². The molecule has 0 atom stereocenters. The van der Waals surface area contributed by atoms with Crippen LogP contribution in [0.4, 0.5) is 11.4 Å². The lowest BCUT2D eigenvalue weighted by atomic mass is 10.2. The van der Waals surface area contributed by atoms with Gasteiger partial charge in [-0.15, -0.1) is 0 Å². The van der Waals surface area contributed by atoms with Gasteiger partial charge >= 0.3 is 0 Å². The van der Waals surface area contributed by atoms with Gasteiger partial charge in [0.15, 0.2) is 5.11 Å². The molecule has 0 spiro atoms. The van der Waals surface area contributed by atoms with Crippen molar-refractivity contribution in [2.24, 2.45) is 0 Å². The zero-order chi connectivity index (χ0) is 20.3. The second-order valence-electron chi connectivity index (χ2n) is 6.94. The van der Waals surface area contributed by atoms with E-state index in [9.17, 15) is 8.42 Å². The Balaban J connectivity index is 1.79. The molecule has 0 radical (unpaired) electrons. The highest BCUT2D eigenvalue weighted by Crippen LogP contribution is 2.27. The Hall–Kier alpha value is -1.67. The summed E-state index contributed by atoms with van der Waals surface area (Å²) in [5.74, 6) is 0. The first-order valence-electron chi connectivity index (χ1n) is 9.23. The Morgan fingerprint density at radius 2 is 1.79 bits per heavy atom. The van der Waals surface area contributed by atoms with Crippen molar-refractivity contribution in [3.05, 3.63) is 52.5 Å². The second kappa shape index (κ2) is 8.78. The van der Waals surface area contributed by atoms with Gasteiger partial charge in [0.05, 0.1) is 4.90 Å². The first-order valence-corrected chi connectivity index (χ1v) is 11.5. The van der Waals surface area contributed by atoms with Crippen molar-refractivity contribution < 1.29 is 8.42 Å². The fourth-order valence-corrected chi connectivity index (χ4v) is 5.40. The molecule has 0 amide bonds. The number of piperidine rings is 1. The van der Waals surface area contributed by atoms with Crippen LogP contribution >= 0.6 is 23.8 Å². The van der Waals surface area contributed by atoms with Crippen molar-refractivity contribution in [3.8, 4) is 0 Å². The number of halogens is 1. The minimum Gasteiger partial charge on any atom is -0.332 e. The Kier molecular flexibility index (Phi) is 6.60. The number of thiocarbonyl (C=S) groups is 1. The van der Waals surface area contributed by atoms with Crippen LogP contribution < -0.4 is 10.6 Å². The minimum atomic E-state index is -3.51. The second-order valence-corrected chi connectivity index (χ2v) is 9.66. The monoisotopic (exact) mass is 437 g/mol. The van der Waals surface area contributed by atoms with E-state index in [1.807, 2.05) is 38.1 Å². The summed E-state index contributed by atoms with van der Waals surface area (Å²) in [6.45, 7) is 4.87. The molecular formula is C20H24ClN3O2S2. The van der Waals surface area contributed by atoms with Crippen LogP contribution in [0.1, 0.15) is 30.4 Å². The standard InChI is InChI=1S/C20H24ClN3O2S2/c1-14-9-10-16(13-19(14)28(25,26)24-11-4-3-5-12-24)22-20(27)23-18-8-6-7-17(21)15(18)2/h6-10,13H,3-5,11-12H2,1-2H3,(H2,22,23,27). The third-order valence-corrected chi connectivity index (χ3v) is 7.55. The highest BCUT2D eigenvalue weighted by molar-refractivity contribution is 7.89. The highest BCUT2D eigenvalue weighted by atomic mass is 35.5. The average molecular weight is 438 g/mol. The van der Waals surface area contributed by atoms with Gasteiger partial charge in [0.2, 0.25) is 10.0 Å². The maximum Gasteiger partial charge on any atom is 0.243 e. The number of anilines is 2. The summed E-state index contributed by atoms with van der Waals surface area (Å²) in [6, 6.07) is 10.8. The van der Waals surface area contributed by atoms with Crippen LogP contribution in [0.15, 0.2) is 41.3 Å². The van der Waals surface area contributed by atoms with E-state index in [1.54, 1.807) is 16.4 Å². The summed E-state index contributed by atoms with van der Waals surface area (Å²) in [5, 5.41) is 7.21. The van der Waals surface area contributed by atoms with Crippen molar-refractivity contribution in [2.75, 3.05) is 23.7 Å². The van der Waals surface area contributed by atoms with Gasteiger partial charge in [-0.2, -0.15) is 4.31 Å². The van der Waals surface area contributed by atoms with E-state index in [4.69, 9.17) is 23.8 Å². The van der Waals surface area contributed by atoms with Crippen LogP contribution in [0.25, 0.3) is 0 Å². The predicted molar refractivity (Wildman–Crippen MR) is 120 cm³/mol. The number of nitrogens with zero attached hydrogens (tertiary/aromatic N) is 1. The van der Waals surface area contributed by atoms with Crippen LogP contribution in [0.2, 0.25) is 5.02 Å². The Morgan fingerprint density at radius 1 is 1.07 bits per heavy atom. The lowest BCUT2D eigenvalue weighted by molar-refractivity contribution is 0.346. The van der Waals surface area contributed by atoms with E-state index in [0.717, 1.165) is 36.1 Å². The van der Waals surface area contributed by atoms with Gasteiger partial charge < -0.3 is 10.6 Å². The molecule has 2 aromatic rings. The zero-order valence-corrected chi connectivity index (χ0v) is 18.3. The van der Waals surface area contributed by atoms with E-state index in [2.05, 4.69) is 10.6 Å². The number of rotatable bonds is 4. The molecule has 150 valence electrons. The first-order chi connectivity index (χ1) is 13.3. The molecule has 2 aromatic carbocycles. The molecule has 28 heavy (non-hydrogen) atoms. The third kappa shape index (κ3) is 4.66. The van der Waals surface area contributed by atoms with E-state index < -0.39 is 10.0 Å². The summed E-state index contributed by atoms with van der Waals surface area (Å²) < 4.78 is 27.7. The number of hydrogen-bond acceptors (Lipinski definition) is 3. The molecule has 1 aliphatic rings. The molecule has 1 saturated heterocycles. The van der Waals surface area contributed by atoms with Gasteiger partial charge in [-0.1, -0.05) is 30.2 Å². The average Bonchev–Trinajstić information content (AvgIpc) is 2.67. The largest absolute Gasteiger partial charge is 0.332 e. The third-order valence-electron chi connectivity index (χ3n) is 4.89. The number of sulfonamides is 1. The minimum absolute atomic E-state index is 0.320. The van der Waals surface area contributed by atoms with E-state index in [1.165, 1.54) is 0 Å². The molecule has 2 N–H and O–H groups in total. The molecule has 0 unspecified atom stereocenters. The fraction of sp³-hybridized carbons (Fsp3) is 0.350. The number of aryl methyl sites for hydroxylation is 1. The van der Waals surface area contributed by atoms with Crippen molar-refractivity contribution in [3.63, 3.8) is 0 Å². The smallest absolute Gasteiger partial charge is 0.243 e. The van der Waals surface area contributed by atoms with Crippen molar-refractivity contribution in [2.45, 2.75) is 38.0 Å². The van der Waals surface area contributed by atoms with Gasteiger partial charge in [0.1, 0.15) is 0 Å². The molecule has 0 aliphatic carbocycles. The predicted octanol–water partition coefficient (Wildman–Crippen LogP) is 4.94. The van der Waals surface area contributed by atoms with Crippen LogP contribution in [0.5, 0.6) is 0 Å².